The van der Waals surface area contributed by atoms with Gasteiger partial charge in [-0.25, -0.2) is 0 Å². The molecule has 2 aromatic carbocycles. The number of ether oxygens (including phenoxy) is 2. The summed E-state index contributed by atoms with van der Waals surface area (Å²) < 4.78 is 11.2. The lowest BCUT2D eigenvalue weighted by molar-refractivity contribution is 0.0858. The molecule has 2 N–H and O–H groups in total. The van der Waals surface area contributed by atoms with Crippen LogP contribution in [0.4, 0.5) is 5.69 Å². The van der Waals surface area contributed by atoms with Crippen LogP contribution >= 0.6 is 0 Å². The lowest BCUT2D eigenvalue weighted by Crippen LogP contribution is -2.32. The summed E-state index contributed by atoms with van der Waals surface area (Å²) in [5.41, 5.74) is 1.41. The maximum atomic E-state index is 12.6. The minimum Gasteiger partial charge on any atom is -0.494 e. The van der Waals surface area contributed by atoms with E-state index in [-0.39, 0.29) is 17.9 Å². The maximum Gasteiger partial charge on any atom is 0.255 e. The van der Waals surface area contributed by atoms with E-state index < -0.39 is 0 Å². The molecule has 2 amide bonds. The van der Waals surface area contributed by atoms with Crippen molar-refractivity contribution in [3.8, 4) is 5.75 Å². The number of amides is 2. The molecule has 1 heterocycles. The fourth-order valence-corrected chi connectivity index (χ4v) is 3.13. The summed E-state index contributed by atoms with van der Waals surface area (Å²) in [7, 11) is 0. The van der Waals surface area contributed by atoms with Crippen LogP contribution in [0, 0.1) is 0 Å². The van der Waals surface area contributed by atoms with Gasteiger partial charge >= 0.3 is 0 Å². The van der Waals surface area contributed by atoms with Crippen LogP contribution in [0.1, 0.15) is 53.3 Å². The third kappa shape index (κ3) is 6.06. The Balaban J connectivity index is 1.60. The van der Waals surface area contributed by atoms with Crippen LogP contribution in [0.15, 0.2) is 48.5 Å². The molecule has 0 radical (unpaired) electrons. The number of anilines is 1. The molecule has 2 aromatic rings. The summed E-state index contributed by atoms with van der Waals surface area (Å²) in [5, 5.41) is 5.73. The number of hydrogen-bond donors (Lipinski definition) is 2. The van der Waals surface area contributed by atoms with Crippen molar-refractivity contribution in [1.82, 2.24) is 5.32 Å². The normalized spacial score (nSPS) is 15.7. The van der Waals surface area contributed by atoms with Gasteiger partial charge < -0.3 is 20.1 Å². The minimum absolute atomic E-state index is 0.0683. The third-order valence-electron chi connectivity index (χ3n) is 4.82. The first-order valence-corrected chi connectivity index (χ1v) is 10.2. The van der Waals surface area contributed by atoms with Crippen molar-refractivity contribution in [1.29, 1.82) is 0 Å². The zero-order valence-corrected chi connectivity index (χ0v) is 16.8. The van der Waals surface area contributed by atoms with Crippen molar-refractivity contribution in [3.63, 3.8) is 0 Å². The lowest BCUT2D eigenvalue weighted by Gasteiger charge is -2.14. The highest BCUT2D eigenvalue weighted by Gasteiger charge is 2.18. The smallest absolute Gasteiger partial charge is 0.255 e. The molecule has 1 fully saturated rings. The second kappa shape index (κ2) is 10.6. The number of unbranched alkanes of at least 4 members (excludes halogenated alkanes) is 1. The highest BCUT2D eigenvalue weighted by Crippen LogP contribution is 2.18. The lowest BCUT2D eigenvalue weighted by atomic mass is 10.1. The van der Waals surface area contributed by atoms with Crippen LogP contribution in [-0.2, 0) is 4.74 Å². The Hall–Kier alpha value is -2.86. The van der Waals surface area contributed by atoms with Crippen LogP contribution in [0.25, 0.3) is 0 Å². The van der Waals surface area contributed by atoms with Crippen molar-refractivity contribution in [2.45, 2.75) is 38.7 Å². The third-order valence-corrected chi connectivity index (χ3v) is 4.82. The fourth-order valence-electron chi connectivity index (χ4n) is 3.13. The Labute approximate surface area is 171 Å². The van der Waals surface area contributed by atoms with Crippen LogP contribution in [0.5, 0.6) is 5.75 Å². The molecular weight excluding hydrogens is 368 g/mol. The van der Waals surface area contributed by atoms with Crippen molar-refractivity contribution >= 4 is 17.5 Å². The topological polar surface area (TPSA) is 76.7 Å². The average molecular weight is 396 g/mol. The van der Waals surface area contributed by atoms with Crippen LogP contribution in [-0.4, -0.2) is 37.7 Å². The summed E-state index contributed by atoms with van der Waals surface area (Å²) in [5.74, 6) is 0.240. The molecule has 1 aliphatic heterocycles. The van der Waals surface area contributed by atoms with Gasteiger partial charge in [0.15, 0.2) is 0 Å². The Bertz CT molecular complexity index is 814. The first-order valence-electron chi connectivity index (χ1n) is 10.2. The zero-order chi connectivity index (χ0) is 20.5. The number of rotatable bonds is 9. The number of nitrogens with one attached hydrogen (secondary N) is 2. The molecule has 0 aliphatic carbocycles. The second-order valence-electron chi connectivity index (χ2n) is 7.07. The van der Waals surface area contributed by atoms with Crippen molar-refractivity contribution in [2.24, 2.45) is 0 Å². The zero-order valence-electron chi connectivity index (χ0n) is 16.8. The van der Waals surface area contributed by atoms with E-state index in [1.165, 1.54) is 0 Å². The summed E-state index contributed by atoms with van der Waals surface area (Å²) in [6.07, 6.45) is 4.11. The van der Waals surface area contributed by atoms with Crippen molar-refractivity contribution < 1.29 is 19.1 Å². The molecule has 154 valence electrons. The molecule has 0 bridgehead atoms. The van der Waals surface area contributed by atoms with Gasteiger partial charge in [-0.3, -0.25) is 9.59 Å². The Morgan fingerprint density at radius 1 is 1.10 bits per heavy atom. The van der Waals surface area contributed by atoms with Crippen LogP contribution < -0.4 is 15.4 Å². The highest BCUT2D eigenvalue weighted by atomic mass is 16.5. The first-order chi connectivity index (χ1) is 14.2. The van der Waals surface area contributed by atoms with E-state index in [0.717, 1.165) is 38.0 Å². The van der Waals surface area contributed by atoms with Gasteiger partial charge in [0.05, 0.1) is 24.0 Å². The average Bonchev–Trinajstić information content (AvgIpc) is 3.27. The quantitative estimate of drug-likeness (QED) is 0.628. The van der Waals surface area contributed by atoms with E-state index in [2.05, 4.69) is 17.6 Å². The number of hydrogen-bond acceptors (Lipinski definition) is 4. The van der Waals surface area contributed by atoms with Gasteiger partial charge in [-0.15, -0.1) is 0 Å². The molecule has 1 atom stereocenters. The van der Waals surface area contributed by atoms with Gasteiger partial charge in [-0.1, -0.05) is 25.5 Å². The summed E-state index contributed by atoms with van der Waals surface area (Å²) in [6.45, 7) is 3.99. The molecule has 0 aromatic heterocycles. The van der Waals surface area contributed by atoms with E-state index in [4.69, 9.17) is 9.47 Å². The first kappa shape index (κ1) is 20.9. The monoisotopic (exact) mass is 396 g/mol. The van der Waals surface area contributed by atoms with Gasteiger partial charge in [0.1, 0.15) is 5.75 Å². The number of para-hydroxylation sites is 1. The van der Waals surface area contributed by atoms with E-state index >= 15 is 0 Å². The van der Waals surface area contributed by atoms with Crippen molar-refractivity contribution in [2.75, 3.05) is 25.1 Å². The molecule has 6 nitrogen and oxygen atoms in total. The molecule has 3 rings (SSSR count). The van der Waals surface area contributed by atoms with Crippen molar-refractivity contribution in [3.05, 3.63) is 59.7 Å². The largest absolute Gasteiger partial charge is 0.494 e. The van der Waals surface area contributed by atoms with E-state index in [0.29, 0.717) is 30.0 Å². The second-order valence-corrected chi connectivity index (χ2v) is 7.07. The Morgan fingerprint density at radius 2 is 1.90 bits per heavy atom. The number of benzene rings is 2. The van der Waals surface area contributed by atoms with E-state index in [1.54, 1.807) is 48.5 Å². The summed E-state index contributed by atoms with van der Waals surface area (Å²) in [6, 6.07) is 14.0. The van der Waals surface area contributed by atoms with Gasteiger partial charge in [-0.05, 0) is 55.7 Å². The van der Waals surface area contributed by atoms with Gasteiger partial charge in [0, 0.05) is 18.7 Å². The van der Waals surface area contributed by atoms with Gasteiger partial charge in [0.25, 0.3) is 11.8 Å². The minimum atomic E-state index is -0.274. The highest BCUT2D eigenvalue weighted by molar-refractivity contribution is 6.09. The molecule has 6 heteroatoms. The van der Waals surface area contributed by atoms with Gasteiger partial charge in [0.2, 0.25) is 0 Å². The molecular formula is C23H28N2O4. The van der Waals surface area contributed by atoms with E-state index in [9.17, 15) is 9.59 Å². The van der Waals surface area contributed by atoms with Gasteiger partial charge in [-0.2, -0.15) is 0 Å². The number of carbonyl (C=O) groups excluding carboxylic acids is 2. The standard InChI is InChI=1S/C23H28N2O4/c1-2-3-14-28-18-12-10-17(11-13-18)22(26)25-21-9-5-4-8-20(21)23(27)24-16-19-7-6-15-29-19/h4-5,8-13,19H,2-3,6-7,14-16H2,1H3,(H,24,27)(H,25,26)/t19-/m1/s1. The predicted molar refractivity (Wildman–Crippen MR) is 113 cm³/mol. The SMILES string of the molecule is CCCCOc1ccc(C(=O)Nc2ccccc2C(=O)NC[C@H]2CCCO2)cc1. The predicted octanol–water partition coefficient (Wildman–Crippen LogP) is 4.03. The van der Waals surface area contributed by atoms with Crippen LogP contribution in [0.2, 0.25) is 0 Å². The molecule has 29 heavy (non-hydrogen) atoms. The number of carbonyl (C=O) groups is 2. The van der Waals surface area contributed by atoms with Crippen LogP contribution in [0.3, 0.4) is 0 Å². The van der Waals surface area contributed by atoms with E-state index in [1.807, 2.05) is 0 Å². The Morgan fingerprint density at radius 3 is 2.62 bits per heavy atom. The summed E-state index contributed by atoms with van der Waals surface area (Å²) >= 11 is 0. The molecule has 0 saturated carbocycles. The summed E-state index contributed by atoms with van der Waals surface area (Å²) in [4.78, 5) is 25.2. The Kier molecular flexibility index (Phi) is 7.64. The molecule has 0 spiro atoms. The molecule has 1 aliphatic rings. The maximum absolute atomic E-state index is 12.6. The molecule has 0 unspecified atom stereocenters. The fraction of sp³-hybridized carbons (Fsp3) is 0.391. The molecule has 1 saturated heterocycles.